The van der Waals surface area contributed by atoms with Crippen LogP contribution in [0.5, 0.6) is 0 Å². The molecule has 0 aromatic carbocycles. The zero-order valence-electron chi connectivity index (χ0n) is 13.1. The molecule has 0 aliphatic carbocycles. The summed E-state index contributed by atoms with van der Waals surface area (Å²) in [5.74, 6) is 0.545. The van der Waals surface area contributed by atoms with Crippen LogP contribution in [-0.2, 0) is 4.74 Å². The van der Waals surface area contributed by atoms with Crippen LogP contribution in [0.25, 0.3) is 0 Å². The van der Waals surface area contributed by atoms with Crippen LogP contribution in [0.2, 0.25) is 5.02 Å². The second-order valence-corrected chi connectivity index (χ2v) is 5.17. The predicted octanol–water partition coefficient (Wildman–Crippen LogP) is 3.05. The summed E-state index contributed by atoms with van der Waals surface area (Å²) in [6.45, 7) is 5.21. The van der Waals surface area contributed by atoms with Gasteiger partial charge in [-0.15, -0.1) is 0 Å². The summed E-state index contributed by atoms with van der Waals surface area (Å²) in [5.41, 5.74) is 0.471. The van der Waals surface area contributed by atoms with Crippen molar-refractivity contribution >= 4 is 23.3 Å². The smallest absolute Gasteiger partial charge is 0.255 e. The highest BCUT2D eigenvalue weighted by atomic mass is 35.5. The number of carbonyl (C=O) groups excluding carboxylic acids is 1. The maximum absolute atomic E-state index is 12.8. The molecule has 0 aliphatic rings. The normalized spacial score (nSPS) is 10.8. The molecule has 1 aromatic rings. The predicted molar refractivity (Wildman–Crippen MR) is 86.1 cm³/mol. The number of anilines is 1. The summed E-state index contributed by atoms with van der Waals surface area (Å²) in [6.07, 6.45) is 3.29. The number of pyridine rings is 1. The van der Waals surface area contributed by atoms with E-state index in [-0.39, 0.29) is 11.9 Å². The van der Waals surface area contributed by atoms with E-state index in [9.17, 15) is 4.79 Å². The lowest BCUT2D eigenvalue weighted by atomic mass is 10.1. The van der Waals surface area contributed by atoms with Crippen LogP contribution in [0.4, 0.5) is 5.82 Å². The third-order valence-corrected chi connectivity index (χ3v) is 3.82. The highest BCUT2D eigenvalue weighted by Crippen LogP contribution is 2.22. The topological polar surface area (TPSA) is 54.5 Å². The number of hydrogen-bond donors (Lipinski definition) is 1. The van der Waals surface area contributed by atoms with Gasteiger partial charge in [-0.1, -0.05) is 25.4 Å². The number of methoxy groups -OCH3 is 1. The fourth-order valence-electron chi connectivity index (χ4n) is 2.26. The van der Waals surface area contributed by atoms with Gasteiger partial charge in [0.2, 0.25) is 0 Å². The molecule has 21 heavy (non-hydrogen) atoms. The van der Waals surface area contributed by atoms with Crippen LogP contribution in [0.1, 0.15) is 37.0 Å². The fraction of sp³-hybridized carbons (Fsp3) is 0.600. The van der Waals surface area contributed by atoms with Gasteiger partial charge in [0, 0.05) is 32.9 Å². The van der Waals surface area contributed by atoms with E-state index in [1.165, 1.54) is 6.20 Å². The maximum atomic E-state index is 12.8. The fourth-order valence-corrected chi connectivity index (χ4v) is 2.45. The van der Waals surface area contributed by atoms with E-state index in [1.54, 1.807) is 20.2 Å². The van der Waals surface area contributed by atoms with Crippen LogP contribution >= 0.6 is 11.6 Å². The zero-order chi connectivity index (χ0) is 15.8. The Morgan fingerprint density at radius 2 is 2.14 bits per heavy atom. The van der Waals surface area contributed by atoms with Gasteiger partial charge in [-0.25, -0.2) is 4.98 Å². The molecule has 0 spiro atoms. The highest BCUT2D eigenvalue weighted by molar-refractivity contribution is 6.33. The molecule has 6 heteroatoms. The molecule has 1 N–H and O–H groups in total. The largest absolute Gasteiger partial charge is 0.383 e. The number of ether oxygens (including phenoxy) is 1. The summed E-state index contributed by atoms with van der Waals surface area (Å²) >= 11 is 6.15. The molecule has 0 fully saturated rings. The van der Waals surface area contributed by atoms with Gasteiger partial charge in [-0.05, 0) is 18.9 Å². The molecular weight excluding hydrogens is 290 g/mol. The summed E-state index contributed by atoms with van der Waals surface area (Å²) in [7, 11) is 3.39. The van der Waals surface area contributed by atoms with Gasteiger partial charge in [-0.3, -0.25) is 4.79 Å². The monoisotopic (exact) mass is 313 g/mol. The van der Waals surface area contributed by atoms with E-state index < -0.39 is 0 Å². The van der Waals surface area contributed by atoms with Crippen molar-refractivity contribution in [1.82, 2.24) is 9.88 Å². The van der Waals surface area contributed by atoms with Crippen molar-refractivity contribution in [3.05, 3.63) is 22.8 Å². The minimum absolute atomic E-state index is 0.0790. The molecule has 0 radical (unpaired) electrons. The van der Waals surface area contributed by atoms with Crippen molar-refractivity contribution in [1.29, 1.82) is 0 Å². The maximum Gasteiger partial charge on any atom is 0.255 e. The molecular formula is C15H24ClN3O2. The van der Waals surface area contributed by atoms with Gasteiger partial charge in [0.1, 0.15) is 5.82 Å². The quantitative estimate of drug-likeness (QED) is 0.801. The van der Waals surface area contributed by atoms with Crippen molar-refractivity contribution in [2.45, 2.75) is 32.7 Å². The van der Waals surface area contributed by atoms with E-state index in [1.807, 2.05) is 4.90 Å². The first-order valence-corrected chi connectivity index (χ1v) is 7.59. The number of nitrogens with one attached hydrogen (secondary N) is 1. The molecule has 0 saturated carbocycles. The lowest BCUT2D eigenvalue weighted by molar-refractivity contribution is 0.0589. The first-order chi connectivity index (χ1) is 10.1. The molecule has 0 unspecified atom stereocenters. The third kappa shape index (κ3) is 4.58. The standard InChI is InChI=1S/C15H24ClN3O2/c1-5-11(6-2)19(7-8-21-4)15(20)12-9-14(17-3)18-10-13(12)16/h9-11H,5-8H2,1-4H3,(H,17,18). The van der Waals surface area contributed by atoms with Crippen molar-refractivity contribution < 1.29 is 9.53 Å². The minimum atomic E-state index is -0.0790. The number of nitrogens with zero attached hydrogens (tertiary/aromatic N) is 2. The zero-order valence-corrected chi connectivity index (χ0v) is 13.9. The lowest BCUT2D eigenvalue weighted by Crippen LogP contribution is -2.42. The van der Waals surface area contributed by atoms with Crippen molar-refractivity contribution in [2.24, 2.45) is 0 Å². The van der Waals surface area contributed by atoms with Crippen LogP contribution < -0.4 is 5.32 Å². The molecule has 1 rings (SSSR count). The second kappa shape index (κ2) is 8.85. The SMILES string of the molecule is CCC(CC)N(CCOC)C(=O)c1cc(NC)ncc1Cl. The number of carbonyl (C=O) groups is 1. The molecule has 1 amide bonds. The van der Waals surface area contributed by atoms with Gasteiger partial charge >= 0.3 is 0 Å². The summed E-state index contributed by atoms with van der Waals surface area (Å²) in [5, 5.41) is 3.29. The van der Waals surface area contributed by atoms with Crippen LogP contribution in [0, 0.1) is 0 Å². The molecule has 118 valence electrons. The second-order valence-electron chi connectivity index (χ2n) is 4.76. The Bertz CT molecular complexity index is 464. The molecule has 1 aromatic heterocycles. The average Bonchev–Trinajstić information content (AvgIpc) is 2.51. The number of halogens is 1. The number of hydrogen-bond acceptors (Lipinski definition) is 4. The Morgan fingerprint density at radius 1 is 1.48 bits per heavy atom. The minimum Gasteiger partial charge on any atom is -0.383 e. The first kappa shape index (κ1) is 17.7. The van der Waals surface area contributed by atoms with E-state index in [0.717, 1.165) is 12.8 Å². The Kier molecular flexibility index (Phi) is 7.47. The molecule has 0 saturated heterocycles. The van der Waals surface area contributed by atoms with E-state index >= 15 is 0 Å². The Hall–Kier alpha value is -1.33. The van der Waals surface area contributed by atoms with Crippen LogP contribution in [0.15, 0.2) is 12.3 Å². The van der Waals surface area contributed by atoms with Gasteiger partial charge in [0.05, 0.1) is 17.2 Å². The van der Waals surface area contributed by atoms with Crippen molar-refractivity contribution in [3.63, 3.8) is 0 Å². The first-order valence-electron chi connectivity index (χ1n) is 7.22. The van der Waals surface area contributed by atoms with Gasteiger partial charge in [0.25, 0.3) is 5.91 Å². The Labute approximate surface area is 131 Å². The highest BCUT2D eigenvalue weighted by Gasteiger charge is 2.24. The summed E-state index contributed by atoms with van der Waals surface area (Å²) in [4.78, 5) is 18.8. The number of amides is 1. The molecule has 5 nitrogen and oxygen atoms in total. The lowest BCUT2D eigenvalue weighted by Gasteiger charge is -2.30. The Balaban J connectivity index is 3.08. The third-order valence-electron chi connectivity index (χ3n) is 3.52. The van der Waals surface area contributed by atoms with E-state index in [4.69, 9.17) is 16.3 Å². The summed E-state index contributed by atoms with van der Waals surface area (Å²) < 4.78 is 5.12. The van der Waals surface area contributed by atoms with E-state index in [0.29, 0.717) is 29.6 Å². The molecule has 0 atom stereocenters. The van der Waals surface area contributed by atoms with E-state index in [2.05, 4.69) is 24.1 Å². The van der Waals surface area contributed by atoms with Gasteiger partial charge < -0.3 is 15.0 Å². The number of aromatic nitrogens is 1. The van der Waals surface area contributed by atoms with Crippen LogP contribution in [0.3, 0.4) is 0 Å². The summed E-state index contributed by atoms with van der Waals surface area (Å²) in [6, 6.07) is 1.86. The van der Waals surface area contributed by atoms with Gasteiger partial charge in [-0.2, -0.15) is 0 Å². The number of rotatable bonds is 8. The average molecular weight is 314 g/mol. The molecule has 1 heterocycles. The molecule has 0 aliphatic heterocycles. The van der Waals surface area contributed by atoms with Crippen LogP contribution in [-0.4, -0.2) is 49.1 Å². The van der Waals surface area contributed by atoms with Crippen molar-refractivity contribution in [2.75, 3.05) is 32.6 Å². The Morgan fingerprint density at radius 3 is 2.67 bits per heavy atom. The van der Waals surface area contributed by atoms with Crippen molar-refractivity contribution in [3.8, 4) is 0 Å². The molecule has 0 bridgehead atoms. The van der Waals surface area contributed by atoms with Gasteiger partial charge in [0.15, 0.2) is 0 Å².